The van der Waals surface area contributed by atoms with Crippen LogP contribution in [0.3, 0.4) is 0 Å². The number of unbranched alkanes of at least 4 members (excludes halogenated alkanes) is 15. The van der Waals surface area contributed by atoms with Gasteiger partial charge in [0.1, 0.15) is 0 Å². The summed E-state index contributed by atoms with van der Waals surface area (Å²) in [5, 5.41) is 0. The summed E-state index contributed by atoms with van der Waals surface area (Å²) in [6.07, 6.45) is 23.9. The molecular formula is C23H46N2O. The van der Waals surface area contributed by atoms with Crippen molar-refractivity contribution < 1.29 is 4.79 Å². The standard InChI is InChI=1S/C23H46N2O/c1-2-3-4-5-6-7-8-9-10-11-12-13-14-15-16-17-18-24-19-21-25(23-26)22-20-24/h23H,2-22H2,1H3. The van der Waals surface area contributed by atoms with E-state index in [1.807, 2.05) is 4.90 Å². The lowest BCUT2D eigenvalue weighted by Crippen LogP contribution is -2.45. The Bertz CT molecular complexity index is 301. The molecule has 0 aliphatic carbocycles. The minimum atomic E-state index is 0.919. The van der Waals surface area contributed by atoms with Crippen molar-refractivity contribution >= 4 is 6.41 Å². The molecule has 1 saturated heterocycles. The topological polar surface area (TPSA) is 23.6 Å². The second-order valence-electron chi connectivity index (χ2n) is 8.29. The van der Waals surface area contributed by atoms with Gasteiger partial charge in [0, 0.05) is 26.2 Å². The highest BCUT2D eigenvalue weighted by molar-refractivity contribution is 5.47. The van der Waals surface area contributed by atoms with Crippen molar-refractivity contribution in [2.75, 3.05) is 32.7 Å². The summed E-state index contributed by atoms with van der Waals surface area (Å²) < 4.78 is 0. The first kappa shape index (κ1) is 23.5. The summed E-state index contributed by atoms with van der Waals surface area (Å²) in [6.45, 7) is 7.49. The Morgan fingerprint density at radius 3 is 1.35 bits per heavy atom. The molecule has 0 radical (unpaired) electrons. The van der Waals surface area contributed by atoms with Crippen LogP contribution in [-0.2, 0) is 4.79 Å². The van der Waals surface area contributed by atoms with E-state index in [-0.39, 0.29) is 0 Å². The number of nitrogens with zero attached hydrogens (tertiary/aromatic N) is 2. The quantitative estimate of drug-likeness (QED) is 0.219. The van der Waals surface area contributed by atoms with E-state index in [4.69, 9.17) is 0 Å². The molecule has 1 aliphatic heterocycles. The molecule has 1 heterocycles. The van der Waals surface area contributed by atoms with Gasteiger partial charge >= 0.3 is 0 Å². The Morgan fingerprint density at radius 1 is 0.577 bits per heavy atom. The molecule has 26 heavy (non-hydrogen) atoms. The molecule has 0 bridgehead atoms. The van der Waals surface area contributed by atoms with E-state index < -0.39 is 0 Å². The molecule has 0 aromatic heterocycles. The molecular weight excluding hydrogens is 320 g/mol. The number of rotatable bonds is 18. The second kappa shape index (κ2) is 17.8. The molecule has 0 spiro atoms. The van der Waals surface area contributed by atoms with Crippen LogP contribution in [0.25, 0.3) is 0 Å². The van der Waals surface area contributed by atoms with Gasteiger partial charge in [-0.05, 0) is 13.0 Å². The van der Waals surface area contributed by atoms with E-state index in [1.54, 1.807) is 0 Å². The van der Waals surface area contributed by atoms with Crippen LogP contribution in [0.1, 0.15) is 110 Å². The van der Waals surface area contributed by atoms with Crippen molar-refractivity contribution in [3.63, 3.8) is 0 Å². The maximum atomic E-state index is 10.7. The fourth-order valence-corrected chi connectivity index (χ4v) is 3.98. The van der Waals surface area contributed by atoms with Gasteiger partial charge in [0.05, 0.1) is 0 Å². The van der Waals surface area contributed by atoms with Crippen LogP contribution < -0.4 is 0 Å². The third-order valence-corrected chi connectivity index (χ3v) is 5.88. The smallest absolute Gasteiger partial charge is 0.209 e. The van der Waals surface area contributed by atoms with E-state index in [0.29, 0.717) is 0 Å². The third-order valence-electron chi connectivity index (χ3n) is 5.88. The number of carbonyl (C=O) groups is 1. The Morgan fingerprint density at radius 2 is 0.962 bits per heavy atom. The number of amides is 1. The predicted molar refractivity (Wildman–Crippen MR) is 114 cm³/mol. The molecule has 154 valence electrons. The SMILES string of the molecule is CCCCCCCCCCCCCCCCCCN1CCN(C=O)CC1. The average molecular weight is 367 g/mol. The fraction of sp³-hybridized carbons (Fsp3) is 0.957. The zero-order valence-electron chi connectivity index (χ0n) is 17.7. The highest BCUT2D eigenvalue weighted by Gasteiger charge is 2.14. The number of carbonyl (C=O) groups excluding carboxylic acids is 1. The van der Waals surface area contributed by atoms with Crippen molar-refractivity contribution in [3.8, 4) is 0 Å². The van der Waals surface area contributed by atoms with Crippen molar-refractivity contribution in [2.45, 2.75) is 110 Å². The maximum absolute atomic E-state index is 10.7. The van der Waals surface area contributed by atoms with Crippen LogP contribution in [0.4, 0.5) is 0 Å². The monoisotopic (exact) mass is 366 g/mol. The first-order valence-electron chi connectivity index (χ1n) is 11.8. The second-order valence-corrected chi connectivity index (χ2v) is 8.29. The lowest BCUT2D eigenvalue weighted by atomic mass is 10.0. The van der Waals surface area contributed by atoms with Gasteiger partial charge in [-0.2, -0.15) is 0 Å². The van der Waals surface area contributed by atoms with Gasteiger partial charge in [-0.1, -0.05) is 103 Å². The Balaban J connectivity index is 1.70. The van der Waals surface area contributed by atoms with Crippen molar-refractivity contribution in [1.29, 1.82) is 0 Å². The fourth-order valence-electron chi connectivity index (χ4n) is 3.98. The summed E-state index contributed by atoms with van der Waals surface area (Å²) >= 11 is 0. The zero-order chi connectivity index (χ0) is 18.7. The average Bonchev–Trinajstić information content (AvgIpc) is 2.68. The number of hydrogen-bond acceptors (Lipinski definition) is 2. The summed E-state index contributed by atoms with van der Waals surface area (Å²) in [4.78, 5) is 15.1. The van der Waals surface area contributed by atoms with E-state index in [9.17, 15) is 4.79 Å². The minimum absolute atomic E-state index is 0.919. The molecule has 0 atom stereocenters. The van der Waals surface area contributed by atoms with Crippen LogP contribution in [0.5, 0.6) is 0 Å². The molecule has 0 aromatic carbocycles. The van der Waals surface area contributed by atoms with Crippen LogP contribution in [0.15, 0.2) is 0 Å². The van der Waals surface area contributed by atoms with Gasteiger partial charge in [0.25, 0.3) is 0 Å². The largest absolute Gasteiger partial charge is 0.343 e. The molecule has 3 nitrogen and oxygen atoms in total. The third kappa shape index (κ3) is 13.6. The molecule has 1 fully saturated rings. The van der Waals surface area contributed by atoms with Gasteiger partial charge < -0.3 is 4.90 Å². The van der Waals surface area contributed by atoms with Crippen LogP contribution in [-0.4, -0.2) is 48.9 Å². The van der Waals surface area contributed by atoms with Gasteiger partial charge in [-0.25, -0.2) is 0 Å². The number of piperazine rings is 1. The molecule has 0 N–H and O–H groups in total. The van der Waals surface area contributed by atoms with Crippen molar-refractivity contribution in [1.82, 2.24) is 9.80 Å². The Labute approximate surface area is 163 Å². The van der Waals surface area contributed by atoms with Gasteiger partial charge in [0.2, 0.25) is 6.41 Å². The Kier molecular flexibility index (Phi) is 16.1. The van der Waals surface area contributed by atoms with E-state index >= 15 is 0 Å². The van der Waals surface area contributed by atoms with Gasteiger partial charge in [0.15, 0.2) is 0 Å². The van der Waals surface area contributed by atoms with Crippen LogP contribution in [0.2, 0.25) is 0 Å². The molecule has 0 saturated carbocycles. The molecule has 0 aromatic rings. The van der Waals surface area contributed by atoms with Crippen LogP contribution >= 0.6 is 0 Å². The summed E-state index contributed by atoms with van der Waals surface area (Å²) in [6, 6.07) is 0. The van der Waals surface area contributed by atoms with Crippen molar-refractivity contribution in [2.24, 2.45) is 0 Å². The first-order chi connectivity index (χ1) is 12.9. The lowest BCUT2D eigenvalue weighted by Gasteiger charge is -2.32. The summed E-state index contributed by atoms with van der Waals surface area (Å²) in [5.41, 5.74) is 0. The van der Waals surface area contributed by atoms with Crippen molar-refractivity contribution in [3.05, 3.63) is 0 Å². The molecule has 3 heteroatoms. The highest BCUT2D eigenvalue weighted by Crippen LogP contribution is 2.14. The summed E-state index contributed by atoms with van der Waals surface area (Å²) in [7, 11) is 0. The van der Waals surface area contributed by atoms with E-state index in [2.05, 4.69) is 11.8 Å². The zero-order valence-corrected chi connectivity index (χ0v) is 17.7. The normalized spacial score (nSPS) is 15.5. The minimum Gasteiger partial charge on any atom is -0.343 e. The Hall–Kier alpha value is -0.570. The van der Waals surface area contributed by atoms with Gasteiger partial charge in [-0.3, -0.25) is 9.69 Å². The molecule has 0 unspecified atom stereocenters. The molecule has 1 amide bonds. The highest BCUT2D eigenvalue weighted by atomic mass is 16.1. The van der Waals surface area contributed by atoms with E-state index in [1.165, 1.54) is 109 Å². The van der Waals surface area contributed by atoms with E-state index in [0.717, 1.165) is 32.6 Å². The maximum Gasteiger partial charge on any atom is 0.209 e. The molecule has 1 aliphatic rings. The summed E-state index contributed by atoms with van der Waals surface area (Å²) in [5.74, 6) is 0. The predicted octanol–water partition coefficient (Wildman–Crippen LogP) is 6.02. The number of hydrogen-bond donors (Lipinski definition) is 0. The molecule has 1 rings (SSSR count). The lowest BCUT2D eigenvalue weighted by molar-refractivity contribution is -0.119. The van der Waals surface area contributed by atoms with Crippen LogP contribution in [0, 0.1) is 0 Å². The van der Waals surface area contributed by atoms with Gasteiger partial charge in [-0.15, -0.1) is 0 Å². The first-order valence-corrected chi connectivity index (χ1v) is 11.8.